The number of benzene rings is 1. The smallest absolute Gasteiger partial charge is 0.0743 e. The first-order valence-electron chi connectivity index (χ1n) is 6.76. The lowest BCUT2D eigenvalue weighted by molar-refractivity contribution is 0.623. The highest BCUT2D eigenvalue weighted by Gasteiger charge is 2.11. The van der Waals surface area contributed by atoms with Crippen molar-refractivity contribution in [2.75, 3.05) is 11.1 Å². The molecule has 3 nitrogen and oxygen atoms in total. The summed E-state index contributed by atoms with van der Waals surface area (Å²) in [6.45, 7) is 4.40. The molecule has 0 bridgehead atoms. The molecule has 0 aliphatic rings. The van der Waals surface area contributed by atoms with Gasteiger partial charge >= 0.3 is 0 Å². The van der Waals surface area contributed by atoms with Gasteiger partial charge in [-0.25, -0.2) is 0 Å². The quantitative estimate of drug-likeness (QED) is 0.848. The Labute approximate surface area is 122 Å². The Kier molecular flexibility index (Phi) is 4.64. The minimum Gasteiger partial charge on any atom is -0.396 e. The Balaban J connectivity index is 2.45. The van der Waals surface area contributed by atoms with E-state index in [1.54, 1.807) is 6.20 Å². The molecule has 1 unspecified atom stereocenters. The van der Waals surface area contributed by atoms with E-state index >= 15 is 0 Å². The van der Waals surface area contributed by atoms with Crippen LogP contribution < -0.4 is 11.1 Å². The maximum Gasteiger partial charge on any atom is 0.0743 e. The molecule has 0 spiro atoms. The average molecular weight is 322 g/mol. The molecule has 0 radical (unpaired) electrons. The Morgan fingerprint density at radius 1 is 1.37 bits per heavy atom. The summed E-state index contributed by atoms with van der Waals surface area (Å²) in [5.74, 6) is 0. The van der Waals surface area contributed by atoms with Crippen LogP contribution in [0.15, 0.2) is 28.9 Å². The van der Waals surface area contributed by atoms with Gasteiger partial charge in [0.15, 0.2) is 0 Å². The summed E-state index contributed by atoms with van der Waals surface area (Å²) in [5.41, 5.74) is 8.77. The summed E-state index contributed by atoms with van der Waals surface area (Å²) in [4.78, 5) is 4.38. The van der Waals surface area contributed by atoms with Crippen molar-refractivity contribution in [1.82, 2.24) is 4.98 Å². The molecule has 0 fully saturated rings. The fraction of sp³-hybridized carbons (Fsp3) is 0.400. The van der Waals surface area contributed by atoms with Crippen LogP contribution in [0.4, 0.5) is 11.4 Å². The van der Waals surface area contributed by atoms with E-state index in [-0.39, 0.29) is 0 Å². The molecule has 1 aromatic carbocycles. The van der Waals surface area contributed by atoms with E-state index in [9.17, 15) is 0 Å². The predicted molar refractivity (Wildman–Crippen MR) is 86.5 cm³/mol. The van der Waals surface area contributed by atoms with Crippen molar-refractivity contribution in [2.24, 2.45) is 0 Å². The highest BCUT2D eigenvalue weighted by molar-refractivity contribution is 9.10. The monoisotopic (exact) mass is 321 g/mol. The SMILES string of the molecule is CCCC(CC)Nc1c(N)cnc2ccc(Br)cc12. The van der Waals surface area contributed by atoms with Crippen LogP contribution in [-0.4, -0.2) is 11.0 Å². The second-order valence-corrected chi connectivity index (χ2v) is 5.70. The van der Waals surface area contributed by atoms with Crippen molar-refractivity contribution in [3.8, 4) is 0 Å². The molecule has 0 aliphatic heterocycles. The van der Waals surface area contributed by atoms with Crippen molar-refractivity contribution in [2.45, 2.75) is 39.2 Å². The summed E-state index contributed by atoms with van der Waals surface area (Å²) >= 11 is 3.51. The van der Waals surface area contributed by atoms with Crippen LogP contribution in [0.1, 0.15) is 33.1 Å². The number of hydrogen-bond donors (Lipinski definition) is 2. The van der Waals surface area contributed by atoms with Gasteiger partial charge in [-0.2, -0.15) is 0 Å². The first kappa shape index (κ1) is 14.1. The Bertz CT molecular complexity index is 563. The second kappa shape index (κ2) is 6.24. The van der Waals surface area contributed by atoms with Crippen LogP contribution in [0.3, 0.4) is 0 Å². The predicted octanol–water partition coefficient (Wildman–Crippen LogP) is 4.57. The molecule has 0 saturated heterocycles. The van der Waals surface area contributed by atoms with Gasteiger partial charge in [-0.05, 0) is 31.0 Å². The zero-order chi connectivity index (χ0) is 13.8. The molecule has 0 amide bonds. The molecule has 19 heavy (non-hydrogen) atoms. The lowest BCUT2D eigenvalue weighted by atomic mass is 10.1. The Hall–Kier alpha value is -1.29. The van der Waals surface area contributed by atoms with E-state index in [1.807, 2.05) is 12.1 Å². The van der Waals surface area contributed by atoms with E-state index < -0.39 is 0 Å². The van der Waals surface area contributed by atoms with Crippen molar-refractivity contribution < 1.29 is 0 Å². The standard InChI is InChI=1S/C15H20BrN3/c1-3-5-11(4-2)19-15-12-8-10(16)6-7-14(12)18-9-13(15)17/h6-9,11H,3-5,17H2,1-2H3,(H,18,19). The largest absolute Gasteiger partial charge is 0.396 e. The van der Waals surface area contributed by atoms with Crippen LogP contribution in [0.25, 0.3) is 10.9 Å². The van der Waals surface area contributed by atoms with Crippen molar-refractivity contribution in [3.05, 3.63) is 28.9 Å². The van der Waals surface area contributed by atoms with Crippen LogP contribution in [0.2, 0.25) is 0 Å². The number of pyridine rings is 1. The van der Waals surface area contributed by atoms with E-state index in [2.05, 4.69) is 46.1 Å². The minimum atomic E-state index is 0.455. The summed E-state index contributed by atoms with van der Waals surface area (Å²) in [6, 6.07) is 6.53. The number of nitrogen functional groups attached to an aromatic ring is 1. The van der Waals surface area contributed by atoms with Gasteiger partial charge in [0.25, 0.3) is 0 Å². The van der Waals surface area contributed by atoms with Gasteiger partial charge < -0.3 is 11.1 Å². The number of nitrogens with two attached hydrogens (primary N) is 1. The third kappa shape index (κ3) is 3.18. The van der Waals surface area contributed by atoms with Gasteiger partial charge in [0, 0.05) is 15.9 Å². The summed E-state index contributed by atoms with van der Waals surface area (Å²) in [6.07, 6.45) is 5.13. The second-order valence-electron chi connectivity index (χ2n) is 4.79. The highest BCUT2D eigenvalue weighted by Crippen LogP contribution is 2.31. The van der Waals surface area contributed by atoms with Gasteiger partial charge in [-0.3, -0.25) is 4.98 Å². The van der Waals surface area contributed by atoms with E-state index in [1.165, 1.54) is 0 Å². The average Bonchev–Trinajstić information content (AvgIpc) is 2.41. The van der Waals surface area contributed by atoms with E-state index in [4.69, 9.17) is 5.73 Å². The minimum absolute atomic E-state index is 0.455. The van der Waals surface area contributed by atoms with E-state index in [0.717, 1.165) is 40.3 Å². The fourth-order valence-corrected chi connectivity index (χ4v) is 2.63. The number of halogens is 1. The Morgan fingerprint density at radius 2 is 2.16 bits per heavy atom. The fourth-order valence-electron chi connectivity index (χ4n) is 2.27. The number of nitrogens with zero attached hydrogens (tertiary/aromatic N) is 1. The molecule has 1 heterocycles. The molecule has 0 aliphatic carbocycles. The third-order valence-corrected chi connectivity index (χ3v) is 3.83. The van der Waals surface area contributed by atoms with Gasteiger partial charge in [-0.15, -0.1) is 0 Å². The van der Waals surface area contributed by atoms with E-state index in [0.29, 0.717) is 11.7 Å². The molecule has 2 rings (SSSR count). The maximum atomic E-state index is 6.10. The third-order valence-electron chi connectivity index (χ3n) is 3.34. The van der Waals surface area contributed by atoms with Crippen molar-refractivity contribution >= 4 is 38.2 Å². The van der Waals surface area contributed by atoms with Gasteiger partial charge in [0.1, 0.15) is 0 Å². The maximum absolute atomic E-state index is 6.10. The van der Waals surface area contributed by atoms with Crippen LogP contribution in [-0.2, 0) is 0 Å². The topological polar surface area (TPSA) is 50.9 Å². The lowest BCUT2D eigenvalue weighted by Gasteiger charge is -2.20. The first-order chi connectivity index (χ1) is 9.15. The molecular formula is C15H20BrN3. The number of anilines is 2. The molecule has 3 N–H and O–H groups in total. The van der Waals surface area contributed by atoms with Crippen LogP contribution >= 0.6 is 15.9 Å². The molecule has 2 aromatic rings. The zero-order valence-corrected chi connectivity index (χ0v) is 13.0. The molecule has 1 atom stereocenters. The van der Waals surface area contributed by atoms with Gasteiger partial charge in [0.2, 0.25) is 0 Å². The zero-order valence-electron chi connectivity index (χ0n) is 11.4. The number of rotatable bonds is 5. The van der Waals surface area contributed by atoms with Gasteiger partial charge in [0.05, 0.1) is 23.1 Å². The van der Waals surface area contributed by atoms with Crippen molar-refractivity contribution in [3.63, 3.8) is 0 Å². The van der Waals surface area contributed by atoms with Crippen LogP contribution in [0, 0.1) is 0 Å². The molecule has 0 saturated carbocycles. The molecule has 102 valence electrons. The number of nitrogens with one attached hydrogen (secondary N) is 1. The van der Waals surface area contributed by atoms with Crippen LogP contribution in [0.5, 0.6) is 0 Å². The summed E-state index contributed by atoms with van der Waals surface area (Å²) in [5, 5.41) is 4.66. The van der Waals surface area contributed by atoms with Crippen molar-refractivity contribution in [1.29, 1.82) is 0 Å². The highest BCUT2D eigenvalue weighted by atomic mass is 79.9. The van der Waals surface area contributed by atoms with Gasteiger partial charge in [-0.1, -0.05) is 36.2 Å². The normalized spacial score (nSPS) is 12.6. The molecule has 4 heteroatoms. The number of hydrogen-bond acceptors (Lipinski definition) is 3. The molecular weight excluding hydrogens is 302 g/mol. The Morgan fingerprint density at radius 3 is 2.84 bits per heavy atom. The molecule has 1 aromatic heterocycles. The number of fused-ring (bicyclic) bond motifs is 1. The number of aromatic nitrogens is 1. The first-order valence-corrected chi connectivity index (χ1v) is 7.55. The summed E-state index contributed by atoms with van der Waals surface area (Å²) in [7, 11) is 0. The summed E-state index contributed by atoms with van der Waals surface area (Å²) < 4.78 is 1.04. The lowest BCUT2D eigenvalue weighted by Crippen LogP contribution is -2.19.